The molecule has 2 aromatic carbocycles. The maximum absolute atomic E-state index is 14.2. The number of carbonyl (C=O) groups excluding carboxylic acids is 1. The van der Waals surface area contributed by atoms with Crippen LogP contribution in [0.3, 0.4) is 0 Å². The highest BCUT2D eigenvalue weighted by Crippen LogP contribution is 2.41. The third-order valence-corrected chi connectivity index (χ3v) is 7.42. The van der Waals surface area contributed by atoms with E-state index in [1.807, 2.05) is 26.0 Å². The molecule has 2 aromatic rings. The maximum Gasteiger partial charge on any atom is 0.350 e. The molecule has 2 aliphatic rings. The zero-order valence-electron chi connectivity index (χ0n) is 22.3. The maximum atomic E-state index is 14.2. The van der Waals surface area contributed by atoms with Crippen LogP contribution in [0, 0.1) is 11.7 Å². The second-order valence-electron chi connectivity index (χ2n) is 10.9. The Kier molecular flexibility index (Phi) is 7.69. The number of benzene rings is 2. The molecule has 6 nitrogen and oxygen atoms in total. The second kappa shape index (κ2) is 10.6. The van der Waals surface area contributed by atoms with Crippen LogP contribution >= 0.6 is 0 Å². The highest BCUT2D eigenvalue weighted by Gasteiger charge is 2.53. The number of piperidine rings is 1. The summed E-state index contributed by atoms with van der Waals surface area (Å²) in [5.74, 6) is 1.60. The van der Waals surface area contributed by atoms with E-state index in [-0.39, 0.29) is 30.0 Å². The van der Waals surface area contributed by atoms with Gasteiger partial charge in [-0.05, 0) is 82.3 Å². The fourth-order valence-corrected chi connectivity index (χ4v) is 5.21. The van der Waals surface area contributed by atoms with Crippen LogP contribution in [0.1, 0.15) is 59.9 Å². The second-order valence-corrected chi connectivity index (χ2v) is 10.9. The van der Waals surface area contributed by atoms with E-state index in [1.165, 1.54) is 17.7 Å². The van der Waals surface area contributed by atoms with Crippen molar-refractivity contribution < 1.29 is 13.9 Å². The number of hydrogen-bond donors (Lipinski definition) is 1. The minimum absolute atomic E-state index is 0.126. The lowest BCUT2D eigenvalue weighted by molar-refractivity contribution is 0.122. The molecule has 2 aliphatic heterocycles. The molecule has 3 atom stereocenters. The number of aliphatic imine (C=N–C) groups is 1. The summed E-state index contributed by atoms with van der Waals surface area (Å²) in [4.78, 5) is 21.9. The van der Waals surface area contributed by atoms with Gasteiger partial charge >= 0.3 is 6.03 Å². The number of ether oxygens (including phenoxy) is 1. The largest absolute Gasteiger partial charge is 0.491 e. The minimum atomic E-state index is -0.632. The van der Waals surface area contributed by atoms with Gasteiger partial charge in [0.05, 0.1) is 6.10 Å². The standard InChI is InChI=1S/C29H39FN4O2/c1-19(2)22(6)31-27-29(34(28(35)32-27)25-11-8-10-24(30)16-25)13-14-33(21(5)17-29)18-23-9-7-12-26(15-23)36-20(3)4/h7-12,15-16,19-22H,13-14,17-18H2,1-6H3,(H,31,32,35)/t21-,22-,29-/m0/s1. The number of carbonyl (C=O) groups is 1. The van der Waals surface area contributed by atoms with Crippen molar-refractivity contribution in [2.75, 3.05) is 11.4 Å². The SMILES string of the molecule is CC(C)Oc1cccc(CN2CC[C@]3(C[C@@H]2C)C(N[C@@H](C)C(C)C)=NC(=O)N3c2cccc(F)c2)c1. The van der Waals surface area contributed by atoms with Gasteiger partial charge in [0.2, 0.25) is 0 Å². The van der Waals surface area contributed by atoms with Crippen LogP contribution in [0.5, 0.6) is 5.75 Å². The Morgan fingerprint density at radius 2 is 1.89 bits per heavy atom. The van der Waals surface area contributed by atoms with Crippen LogP contribution in [0.2, 0.25) is 0 Å². The van der Waals surface area contributed by atoms with E-state index in [0.717, 1.165) is 18.8 Å². The first-order valence-electron chi connectivity index (χ1n) is 13.0. The predicted octanol–water partition coefficient (Wildman–Crippen LogP) is 6.01. The number of amides is 2. The summed E-state index contributed by atoms with van der Waals surface area (Å²) in [7, 11) is 0. The molecule has 1 saturated heterocycles. The highest BCUT2D eigenvalue weighted by molar-refractivity contribution is 6.16. The van der Waals surface area contributed by atoms with Gasteiger partial charge < -0.3 is 10.1 Å². The van der Waals surface area contributed by atoms with Crippen molar-refractivity contribution in [2.24, 2.45) is 10.9 Å². The van der Waals surface area contributed by atoms with Crippen LogP contribution in [-0.4, -0.2) is 47.0 Å². The van der Waals surface area contributed by atoms with Crippen molar-refractivity contribution in [3.63, 3.8) is 0 Å². The molecular formula is C29H39FN4O2. The number of urea groups is 1. The number of nitrogens with zero attached hydrogens (tertiary/aromatic N) is 3. The van der Waals surface area contributed by atoms with Gasteiger partial charge in [-0.2, -0.15) is 4.99 Å². The summed E-state index contributed by atoms with van der Waals surface area (Å²) in [5.41, 5.74) is 1.12. The molecular weight excluding hydrogens is 455 g/mol. The van der Waals surface area contributed by atoms with Crippen LogP contribution in [-0.2, 0) is 6.54 Å². The fraction of sp³-hybridized carbons (Fsp3) is 0.517. The van der Waals surface area contributed by atoms with Gasteiger partial charge in [-0.25, -0.2) is 9.18 Å². The molecule has 1 N–H and O–H groups in total. The summed E-state index contributed by atoms with van der Waals surface area (Å²) in [6.07, 6.45) is 1.54. The number of rotatable bonds is 7. The average molecular weight is 495 g/mol. The summed E-state index contributed by atoms with van der Waals surface area (Å²) in [5, 5.41) is 3.55. The molecule has 4 rings (SSSR count). The van der Waals surface area contributed by atoms with Crippen LogP contribution in [0.15, 0.2) is 53.5 Å². The van der Waals surface area contributed by atoms with E-state index in [1.54, 1.807) is 17.0 Å². The third-order valence-electron chi connectivity index (χ3n) is 7.42. The molecule has 36 heavy (non-hydrogen) atoms. The summed E-state index contributed by atoms with van der Waals surface area (Å²) < 4.78 is 20.1. The molecule has 0 saturated carbocycles. The Morgan fingerprint density at radius 1 is 1.14 bits per heavy atom. The quantitative estimate of drug-likeness (QED) is 0.512. The highest BCUT2D eigenvalue weighted by atomic mass is 19.1. The van der Waals surface area contributed by atoms with Crippen LogP contribution < -0.4 is 15.0 Å². The molecule has 194 valence electrons. The van der Waals surface area contributed by atoms with Gasteiger partial charge in [-0.3, -0.25) is 9.80 Å². The van der Waals surface area contributed by atoms with Gasteiger partial charge in [0.25, 0.3) is 0 Å². The average Bonchev–Trinajstić information content (AvgIpc) is 3.05. The molecule has 7 heteroatoms. The lowest BCUT2D eigenvalue weighted by atomic mass is 9.80. The summed E-state index contributed by atoms with van der Waals surface area (Å²) >= 11 is 0. The number of halogens is 1. The molecule has 1 fully saturated rings. The van der Waals surface area contributed by atoms with Crippen molar-refractivity contribution in [2.45, 2.75) is 84.7 Å². The zero-order valence-corrected chi connectivity index (χ0v) is 22.3. The first-order valence-corrected chi connectivity index (χ1v) is 13.0. The Balaban J connectivity index is 1.60. The van der Waals surface area contributed by atoms with E-state index in [0.29, 0.717) is 30.3 Å². The zero-order chi connectivity index (χ0) is 26.0. The lowest BCUT2D eigenvalue weighted by Gasteiger charge is -2.48. The van der Waals surface area contributed by atoms with E-state index >= 15 is 0 Å². The van der Waals surface area contributed by atoms with Gasteiger partial charge in [0, 0.05) is 30.9 Å². The lowest BCUT2D eigenvalue weighted by Crippen LogP contribution is -2.63. The topological polar surface area (TPSA) is 57.2 Å². The van der Waals surface area contributed by atoms with Gasteiger partial charge in [0.15, 0.2) is 0 Å². The number of anilines is 1. The molecule has 0 bridgehead atoms. The number of amidine groups is 1. The Labute approximate surface area is 214 Å². The van der Waals surface area contributed by atoms with Crippen molar-refractivity contribution in [3.8, 4) is 5.75 Å². The number of nitrogens with one attached hydrogen (secondary N) is 1. The van der Waals surface area contributed by atoms with Crippen LogP contribution in [0.25, 0.3) is 0 Å². The van der Waals surface area contributed by atoms with Crippen molar-refractivity contribution in [1.29, 1.82) is 0 Å². The predicted molar refractivity (Wildman–Crippen MR) is 143 cm³/mol. The van der Waals surface area contributed by atoms with Crippen molar-refractivity contribution >= 4 is 17.6 Å². The van der Waals surface area contributed by atoms with Crippen molar-refractivity contribution in [3.05, 3.63) is 59.9 Å². The van der Waals surface area contributed by atoms with Gasteiger partial charge in [-0.15, -0.1) is 0 Å². The molecule has 0 unspecified atom stereocenters. The molecule has 1 spiro atoms. The minimum Gasteiger partial charge on any atom is -0.491 e. The Bertz CT molecular complexity index is 1120. The van der Waals surface area contributed by atoms with Gasteiger partial charge in [0.1, 0.15) is 22.9 Å². The van der Waals surface area contributed by atoms with E-state index in [9.17, 15) is 9.18 Å². The molecule has 0 radical (unpaired) electrons. The van der Waals surface area contributed by atoms with Crippen molar-refractivity contribution in [1.82, 2.24) is 10.2 Å². The van der Waals surface area contributed by atoms with E-state index in [2.05, 4.69) is 55.0 Å². The summed E-state index contributed by atoms with van der Waals surface area (Å²) in [6.45, 7) is 14.2. The Hall–Kier alpha value is -2.93. The van der Waals surface area contributed by atoms with Gasteiger partial charge in [-0.1, -0.05) is 32.0 Å². The molecule has 0 aliphatic carbocycles. The molecule has 0 aromatic heterocycles. The third kappa shape index (κ3) is 5.41. The number of hydrogen-bond acceptors (Lipinski definition) is 4. The summed E-state index contributed by atoms with van der Waals surface area (Å²) in [6, 6.07) is 14.5. The van der Waals surface area contributed by atoms with Crippen LogP contribution in [0.4, 0.5) is 14.9 Å². The number of likely N-dealkylation sites (tertiary alicyclic amines) is 1. The normalized spacial score (nSPS) is 23.5. The first-order chi connectivity index (χ1) is 17.1. The monoisotopic (exact) mass is 494 g/mol. The Morgan fingerprint density at radius 3 is 2.56 bits per heavy atom. The molecule has 2 amide bonds. The van der Waals surface area contributed by atoms with E-state index < -0.39 is 5.54 Å². The molecule has 2 heterocycles. The van der Waals surface area contributed by atoms with E-state index in [4.69, 9.17) is 4.74 Å². The first kappa shape index (κ1) is 26.1. The smallest absolute Gasteiger partial charge is 0.350 e. The fourth-order valence-electron chi connectivity index (χ4n) is 5.21.